The Morgan fingerprint density at radius 2 is 1.90 bits per heavy atom. The van der Waals surface area contributed by atoms with Crippen LogP contribution in [0.2, 0.25) is 0 Å². The first kappa shape index (κ1) is 16.4. The van der Waals surface area contributed by atoms with E-state index in [1.165, 1.54) is 7.11 Å². The van der Waals surface area contributed by atoms with E-state index in [2.05, 4.69) is 5.32 Å². The number of ether oxygens (including phenoxy) is 1. The van der Waals surface area contributed by atoms with E-state index >= 15 is 0 Å². The van der Waals surface area contributed by atoms with E-state index in [0.717, 1.165) is 6.07 Å². The number of rotatable bonds is 4. The van der Waals surface area contributed by atoms with Crippen molar-refractivity contribution in [2.45, 2.75) is 25.6 Å². The van der Waals surface area contributed by atoms with Crippen LogP contribution in [0.25, 0.3) is 0 Å². The predicted octanol–water partition coefficient (Wildman–Crippen LogP) is 3.00. The number of carbonyl (C=O) groups is 1. The Kier molecular flexibility index (Phi) is 4.75. The SMILES string of the molecule is COC(C)(C)CNC(=O)c1ccc(F)c(C(F)(F)F)c1. The molecule has 7 heteroatoms. The topological polar surface area (TPSA) is 38.3 Å². The van der Waals surface area contributed by atoms with Gasteiger partial charge in [-0.2, -0.15) is 13.2 Å². The standard InChI is InChI=1S/C13H15F4NO2/c1-12(2,20-3)7-18-11(19)8-4-5-10(14)9(6-8)13(15,16)17/h4-6H,7H2,1-3H3,(H,18,19). The lowest BCUT2D eigenvalue weighted by atomic mass is 10.1. The minimum absolute atomic E-state index is 0.112. The van der Waals surface area contributed by atoms with E-state index in [1.807, 2.05) is 0 Å². The zero-order valence-corrected chi connectivity index (χ0v) is 11.3. The molecule has 0 saturated carbocycles. The Morgan fingerprint density at radius 1 is 1.30 bits per heavy atom. The molecule has 0 fully saturated rings. The molecule has 1 amide bonds. The fraction of sp³-hybridized carbons (Fsp3) is 0.462. The second-order valence-corrected chi connectivity index (χ2v) is 4.84. The van der Waals surface area contributed by atoms with Gasteiger partial charge in [0.2, 0.25) is 0 Å². The molecular weight excluding hydrogens is 278 g/mol. The van der Waals surface area contributed by atoms with Gasteiger partial charge in [-0.1, -0.05) is 0 Å². The van der Waals surface area contributed by atoms with E-state index in [1.54, 1.807) is 13.8 Å². The highest BCUT2D eigenvalue weighted by atomic mass is 19.4. The Morgan fingerprint density at radius 3 is 2.40 bits per heavy atom. The number of nitrogens with one attached hydrogen (secondary N) is 1. The van der Waals surface area contributed by atoms with Gasteiger partial charge in [-0.25, -0.2) is 4.39 Å². The Bertz CT molecular complexity index is 498. The summed E-state index contributed by atoms with van der Waals surface area (Å²) in [5.74, 6) is -2.13. The third-order valence-corrected chi connectivity index (χ3v) is 2.76. The molecule has 0 spiro atoms. The van der Waals surface area contributed by atoms with Crippen LogP contribution in [0.1, 0.15) is 29.8 Å². The summed E-state index contributed by atoms with van der Waals surface area (Å²) < 4.78 is 55.7. The van der Waals surface area contributed by atoms with Crippen LogP contribution in [-0.4, -0.2) is 25.2 Å². The van der Waals surface area contributed by atoms with Crippen molar-refractivity contribution < 1.29 is 27.1 Å². The lowest BCUT2D eigenvalue weighted by Gasteiger charge is -2.23. The van der Waals surface area contributed by atoms with Crippen molar-refractivity contribution in [3.05, 3.63) is 35.1 Å². The van der Waals surface area contributed by atoms with Crippen molar-refractivity contribution in [2.24, 2.45) is 0 Å². The van der Waals surface area contributed by atoms with Crippen LogP contribution in [0.5, 0.6) is 0 Å². The number of alkyl halides is 3. The minimum Gasteiger partial charge on any atom is -0.377 e. The summed E-state index contributed by atoms with van der Waals surface area (Å²) in [6, 6.07) is 2.11. The average Bonchev–Trinajstić information content (AvgIpc) is 2.35. The van der Waals surface area contributed by atoms with Crippen LogP contribution in [0, 0.1) is 5.82 Å². The van der Waals surface area contributed by atoms with Gasteiger partial charge in [-0.05, 0) is 32.0 Å². The molecule has 0 heterocycles. The van der Waals surface area contributed by atoms with Gasteiger partial charge in [0.1, 0.15) is 5.82 Å². The van der Waals surface area contributed by atoms with Gasteiger partial charge in [-0.3, -0.25) is 4.79 Å². The average molecular weight is 293 g/mol. The molecule has 0 aliphatic carbocycles. The molecule has 0 aliphatic rings. The summed E-state index contributed by atoms with van der Waals surface area (Å²) in [5, 5.41) is 2.43. The first-order valence-electron chi connectivity index (χ1n) is 5.77. The maximum absolute atomic E-state index is 13.1. The maximum atomic E-state index is 13.1. The molecule has 112 valence electrons. The number of amides is 1. The number of methoxy groups -OCH3 is 1. The maximum Gasteiger partial charge on any atom is 0.419 e. The van der Waals surface area contributed by atoms with E-state index in [4.69, 9.17) is 4.74 Å². The molecule has 0 radical (unpaired) electrons. The van der Waals surface area contributed by atoms with Crippen molar-refractivity contribution in [2.75, 3.05) is 13.7 Å². The molecule has 0 aliphatic heterocycles. The number of hydrogen-bond donors (Lipinski definition) is 1. The van der Waals surface area contributed by atoms with Gasteiger partial charge in [0.25, 0.3) is 5.91 Å². The summed E-state index contributed by atoms with van der Waals surface area (Å²) in [4.78, 5) is 11.7. The van der Waals surface area contributed by atoms with Crippen molar-refractivity contribution in [1.82, 2.24) is 5.32 Å². The molecule has 0 saturated heterocycles. The summed E-state index contributed by atoms with van der Waals surface area (Å²) >= 11 is 0. The largest absolute Gasteiger partial charge is 0.419 e. The van der Waals surface area contributed by atoms with Gasteiger partial charge in [0.15, 0.2) is 0 Å². The smallest absolute Gasteiger partial charge is 0.377 e. The third kappa shape index (κ3) is 4.19. The quantitative estimate of drug-likeness (QED) is 0.867. The molecule has 0 atom stereocenters. The summed E-state index contributed by atoms with van der Waals surface area (Å²) in [6.45, 7) is 3.53. The van der Waals surface area contributed by atoms with Gasteiger partial charge in [0, 0.05) is 19.2 Å². The zero-order chi connectivity index (χ0) is 15.6. The van der Waals surface area contributed by atoms with Crippen LogP contribution in [0.3, 0.4) is 0 Å². The third-order valence-electron chi connectivity index (χ3n) is 2.76. The lowest BCUT2D eigenvalue weighted by Crippen LogP contribution is -2.39. The molecule has 20 heavy (non-hydrogen) atoms. The van der Waals surface area contributed by atoms with Crippen LogP contribution >= 0.6 is 0 Å². The predicted molar refractivity (Wildman–Crippen MR) is 64.8 cm³/mol. The molecule has 1 aromatic carbocycles. The number of halogens is 4. The van der Waals surface area contributed by atoms with Crippen LogP contribution < -0.4 is 5.32 Å². The fourth-order valence-corrected chi connectivity index (χ4v) is 1.35. The van der Waals surface area contributed by atoms with Crippen molar-refractivity contribution in [3.63, 3.8) is 0 Å². The highest BCUT2D eigenvalue weighted by molar-refractivity contribution is 5.94. The van der Waals surface area contributed by atoms with Crippen molar-refractivity contribution >= 4 is 5.91 Å². The first-order chi connectivity index (χ1) is 9.07. The Hall–Kier alpha value is -1.63. The number of hydrogen-bond acceptors (Lipinski definition) is 2. The highest BCUT2D eigenvalue weighted by Crippen LogP contribution is 2.31. The Labute approximate surface area is 113 Å². The van der Waals surface area contributed by atoms with E-state index in [0.29, 0.717) is 12.1 Å². The van der Waals surface area contributed by atoms with Crippen molar-refractivity contribution in [3.8, 4) is 0 Å². The summed E-state index contributed by atoms with van der Waals surface area (Å²) in [5.41, 5.74) is -2.37. The minimum atomic E-state index is -4.84. The first-order valence-corrected chi connectivity index (χ1v) is 5.77. The Balaban J connectivity index is 2.90. The van der Waals surface area contributed by atoms with E-state index < -0.39 is 29.1 Å². The van der Waals surface area contributed by atoms with Crippen LogP contribution in [-0.2, 0) is 10.9 Å². The van der Waals surface area contributed by atoms with Crippen LogP contribution in [0.15, 0.2) is 18.2 Å². The van der Waals surface area contributed by atoms with E-state index in [-0.39, 0.29) is 12.1 Å². The monoisotopic (exact) mass is 293 g/mol. The molecule has 1 N–H and O–H groups in total. The molecule has 0 unspecified atom stereocenters. The molecule has 1 rings (SSSR count). The normalized spacial score (nSPS) is 12.3. The second-order valence-electron chi connectivity index (χ2n) is 4.84. The van der Waals surface area contributed by atoms with Crippen LogP contribution in [0.4, 0.5) is 17.6 Å². The van der Waals surface area contributed by atoms with Gasteiger partial charge < -0.3 is 10.1 Å². The van der Waals surface area contributed by atoms with Gasteiger partial charge >= 0.3 is 6.18 Å². The zero-order valence-electron chi connectivity index (χ0n) is 11.3. The van der Waals surface area contributed by atoms with Gasteiger partial charge in [0.05, 0.1) is 11.2 Å². The molecule has 0 bridgehead atoms. The summed E-state index contributed by atoms with van der Waals surface area (Å²) in [6.07, 6.45) is -4.84. The van der Waals surface area contributed by atoms with Crippen molar-refractivity contribution in [1.29, 1.82) is 0 Å². The second kappa shape index (κ2) is 5.78. The fourth-order valence-electron chi connectivity index (χ4n) is 1.35. The lowest BCUT2D eigenvalue weighted by molar-refractivity contribution is -0.140. The van der Waals surface area contributed by atoms with Gasteiger partial charge in [-0.15, -0.1) is 0 Å². The summed E-state index contributed by atoms with van der Waals surface area (Å²) in [7, 11) is 1.45. The molecule has 3 nitrogen and oxygen atoms in total. The number of benzene rings is 1. The molecule has 0 aromatic heterocycles. The molecule has 1 aromatic rings. The van der Waals surface area contributed by atoms with E-state index in [9.17, 15) is 22.4 Å². The molecular formula is C13H15F4NO2. The highest BCUT2D eigenvalue weighted by Gasteiger charge is 2.34. The number of carbonyl (C=O) groups excluding carboxylic acids is 1.